The Hall–Kier alpha value is -2.30. The predicted octanol–water partition coefficient (Wildman–Crippen LogP) is 5.32. The van der Waals surface area contributed by atoms with Gasteiger partial charge in [0.2, 0.25) is 0 Å². The summed E-state index contributed by atoms with van der Waals surface area (Å²) in [7, 11) is 3.71. The van der Waals surface area contributed by atoms with E-state index in [1.807, 2.05) is 19.0 Å². The van der Waals surface area contributed by atoms with Gasteiger partial charge in [0.1, 0.15) is 31.2 Å². The maximum Gasteiger partial charge on any atom is 0.305 e. The molecule has 2 N–H and O–H groups in total. The Morgan fingerprint density at radius 1 is 0.875 bits per heavy atom. The highest BCUT2D eigenvalue weighted by Gasteiger charge is 2.45. The van der Waals surface area contributed by atoms with Gasteiger partial charge < -0.3 is 24.6 Å². The summed E-state index contributed by atoms with van der Waals surface area (Å²) in [4.78, 5) is 27.0. The minimum atomic E-state index is -1.21. The molecule has 0 aromatic carbocycles. The van der Waals surface area contributed by atoms with Gasteiger partial charge in [0.15, 0.2) is 23.2 Å². The molecule has 2 aromatic rings. The maximum absolute atomic E-state index is 12.2. The van der Waals surface area contributed by atoms with Gasteiger partial charge >= 0.3 is 5.97 Å². The number of hydrogen-bond donors (Lipinski definition) is 2. The molecule has 0 saturated carbocycles. The highest BCUT2D eigenvalue weighted by Crippen LogP contribution is 2.32. The number of carbonyl (C=O) groups is 1. The van der Waals surface area contributed by atoms with Crippen LogP contribution in [-0.2, 0) is 14.3 Å². The molecule has 1 saturated heterocycles. The van der Waals surface area contributed by atoms with Gasteiger partial charge in [0.25, 0.3) is 0 Å². The summed E-state index contributed by atoms with van der Waals surface area (Å²) in [5.41, 5.74) is 1.05. The van der Waals surface area contributed by atoms with E-state index in [2.05, 4.69) is 21.9 Å². The van der Waals surface area contributed by atoms with Crippen LogP contribution in [0.25, 0.3) is 11.2 Å². The van der Waals surface area contributed by atoms with E-state index in [0.29, 0.717) is 23.4 Å². The van der Waals surface area contributed by atoms with Gasteiger partial charge in [-0.2, -0.15) is 0 Å². The van der Waals surface area contributed by atoms with E-state index in [-0.39, 0.29) is 12.6 Å². The van der Waals surface area contributed by atoms with Crippen molar-refractivity contribution in [2.24, 2.45) is 0 Å². The highest BCUT2D eigenvalue weighted by molar-refractivity contribution is 5.83. The lowest BCUT2D eigenvalue weighted by molar-refractivity contribution is -0.150. The fourth-order valence-electron chi connectivity index (χ4n) is 5.34. The van der Waals surface area contributed by atoms with Crippen LogP contribution in [0.2, 0.25) is 0 Å². The third-order valence-electron chi connectivity index (χ3n) is 7.77. The lowest BCUT2D eigenvalue weighted by Crippen LogP contribution is -2.34. The van der Waals surface area contributed by atoms with Gasteiger partial charge in [0, 0.05) is 20.5 Å². The first-order valence-corrected chi connectivity index (χ1v) is 15.5. The fourth-order valence-corrected chi connectivity index (χ4v) is 5.34. The molecule has 10 heteroatoms. The van der Waals surface area contributed by atoms with Crippen LogP contribution in [-0.4, -0.2) is 74.7 Å². The number of aromatic nitrogens is 4. The normalized spacial score (nSPS) is 20.8. The van der Waals surface area contributed by atoms with Crippen LogP contribution < -0.4 is 4.90 Å². The van der Waals surface area contributed by atoms with Gasteiger partial charge in [-0.25, -0.2) is 15.0 Å². The van der Waals surface area contributed by atoms with Crippen molar-refractivity contribution in [2.75, 3.05) is 25.6 Å². The number of esters is 1. The third-order valence-corrected chi connectivity index (χ3v) is 7.77. The predicted molar refractivity (Wildman–Crippen MR) is 156 cm³/mol. The van der Waals surface area contributed by atoms with Crippen molar-refractivity contribution in [2.45, 2.75) is 134 Å². The second-order valence-corrected chi connectivity index (χ2v) is 11.3. The Labute approximate surface area is 239 Å². The number of unbranched alkanes of at least 4 members (excludes halogenated alkanes) is 14. The van der Waals surface area contributed by atoms with Crippen LogP contribution in [0.3, 0.4) is 0 Å². The molecule has 1 fully saturated rings. The molecule has 226 valence electrons. The average molecular weight is 562 g/mol. The molecule has 0 radical (unpaired) electrons. The summed E-state index contributed by atoms with van der Waals surface area (Å²) in [6.45, 7) is 2.15. The molecule has 3 heterocycles. The van der Waals surface area contributed by atoms with Gasteiger partial charge in [0.05, 0.1) is 6.33 Å². The minimum absolute atomic E-state index is 0.114. The number of imidazole rings is 1. The number of aliphatic hydroxyl groups excluding tert-OH is 2. The molecule has 0 aliphatic carbocycles. The van der Waals surface area contributed by atoms with Crippen LogP contribution in [0.1, 0.15) is 116 Å². The van der Waals surface area contributed by atoms with E-state index < -0.39 is 24.5 Å². The highest BCUT2D eigenvalue weighted by atomic mass is 16.6. The molecule has 0 amide bonds. The number of fused-ring (bicyclic) bond motifs is 1. The van der Waals surface area contributed by atoms with Gasteiger partial charge in [-0.1, -0.05) is 96.8 Å². The van der Waals surface area contributed by atoms with E-state index in [1.54, 1.807) is 4.57 Å². The van der Waals surface area contributed by atoms with Crippen LogP contribution in [0, 0.1) is 0 Å². The zero-order valence-corrected chi connectivity index (χ0v) is 24.8. The number of hydrogen-bond acceptors (Lipinski definition) is 9. The maximum atomic E-state index is 12.2. The number of ether oxygens (including phenoxy) is 2. The minimum Gasteiger partial charge on any atom is -0.463 e. The summed E-state index contributed by atoms with van der Waals surface area (Å²) in [5, 5.41) is 21.2. The van der Waals surface area contributed by atoms with E-state index in [1.165, 1.54) is 89.7 Å². The molecule has 3 rings (SSSR count). The summed E-state index contributed by atoms with van der Waals surface area (Å²) < 4.78 is 12.8. The van der Waals surface area contributed by atoms with E-state index in [9.17, 15) is 15.0 Å². The molecule has 1 aliphatic heterocycles. The van der Waals surface area contributed by atoms with Crippen LogP contribution in [0.15, 0.2) is 12.7 Å². The first kappa shape index (κ1) is 32.2. The zero-order valence-electron chi connectivity index (χ0n) is 24.8. The van der Waals surface area contributed by atoms with Crippen molar-refractivity contribution < 1.29 is 24.5 Å². The van der Waals surface area contributed by atoms with Crippen LogP contribution >= 0.6 is 0 Å². The second kappa shape index (κ2) is 17.5. The number of rotatable bonds is 20. The average Bonchev–Trinajstić information content (AvgIpc) is 3.50. The Bertz CT molecular complexity index is 1000. The largest absolute Gasteiger partial charge is 0.463 e. The third kappa shape index (κ3) is 9.66. The fraction of sp³-hybridized carbons (Fsp3) is 0.800. The van der Waals surface area contributed by atoms with Crippen molar-refractivity contribution in [1.82, 2.24) is 19.5 Å². The van der Waals surface area contributed by atoms with Crippen molar-refractivity contribution >= 4 is 23.0 Å². The quantitative estimate of drug-likeness (QED) is 0.163. The molecular formula is C30H51N5O5. The van der Waals surface area contributed by atoms with Crippen molar-refractivity contribution in [3.63, 3.8) is 0 Å². The Morgan fingerprint density at radius 3 is 2.02 bits per heavy atom. The monoisotopic (exact) mass is 561 g/mol. The molecular weight excluding hydrogens is 510 g/mol. The van der Waals surface area contributed by atoms with E-state index in [0.717, 1.165) is 19.3 Å². The van der Waals surface area contributed by atoms with Gasteiger partial charge in [-0.15, -0.1) is 0 Å². The van der Waals surface area contributed by atoms with Gasteiger partial charge in [-0.3, -0.25) is 9.36 Å². The lowest BCUT2D eigenvalue weighted by Gasteiger charge is -2.17. The molecule has 4 atom stereocenters. The molecule has 40 heavy (non-hydrogen) atoms. The smallest absolute Gasteiger partial charge is 0.305 e. The number of nitrogens with zero attached hydrogens (tertiary/aromatic N) is 5. The molecule has 0 unspecified atom stereocenters. The summed E-state index contributed by atoms with van der Waals surface area (Å²) in [6, 6.07) is 0. The Morgan fingerprint density at radius 2 is 1.45 bits per heavy atom. The number of aliphatic hydroxyl groups is 2. The van der Waals surface area contributed by atoms with Crippen molar-refractivity contribution in [1.29, 1.82) is 0 Å². The molecule has 2 aromatic heterocycles. The Balaban J connectivity index is 1.25. The van der Waals surface area contributed by atoms with E-state index >= 15 is 0 Å². The number of anilines is 1. The van der Waals surface area contributed by atoms with Crippen molar-refractivity contribution in [3.05, 3.63) is 12.7 Å². The summed E-state index contributed by atoms with van der Waals surface area (Å²) in [6.07, 6.45) is 18.3. The number of carbonyl (C=O) groups excluding carboxylic acids is 1. The van der Waals surface area contributed by atoms with E-state index in [4.69, 9.17) is 9.47 Å². The second-order valence-electron chi connectivity index (χ2n) is 11.3. The molecule has 1 aliphatic rings. The summed E-state index contributed by atoms with van der Waals surface area (Å²) >= 11 is 0. The zero-order chi connectivity index (χ0) is 28.7. The van der Waals surface area contributed by atoms with Crippen molar-refractivity contribution in [3.8, 4) is 0 Å². The summed E-state index contributed by atoms with van der Waals surface area (Å²) in [5.74, 6) is 0.334. The first-order valence-electron chi connectivity index (χ1n) is 15.5. The molecule has 10 nitrogen and oxygen atoms in total. The van der Waals surface area contributed by atoms with Crippen LogP contribution in [0.4, 0.5) is 5.82 Å². The molecule has 0 bridgehead atoms. The lowest BCUT2D eigenvalue weighted by atomic mass is 10.0. The van der Waals surface area contributed by atoms with Crippen LogP contribution in [0.5, 0.6) is 0 Å². The van der Waals surface area contributed by atoms with Gasteiger partial charge in [-0.05, 0) is 6.42 Å². The molecule has 0 spiro atoms. The Kier molecular flexibility index (Phi) is 14.1. The standard InChI is InChI=1S/C30H51N5O5/c1-4-5-6-7-8-9-10-11-12-13-14-15-16-17-18-19-24(36)39-20-23-26(37)27(38)30(40-23)35-22-33-25-28(34(2)3)31-21-32-29(25)35/h21-23,26-27,30,37-38H,4-20H2,1-3H3/t23-,26-,27-,30-/m1/s1. The SMILES string of the molecule is CCCCCCCCCCCCCCCCCC(=O)OC[C@H]1O[C@@H](n2cnc3c(N(C)C)ncnc32)[C@H](O)[C@@H]1O. The topological polar surface area (TPSA) is 123 Å². The first-order chi connectivity index (χ1) is 19.4.